The van der Waals surface area contributed by atoms with E-state index in [0.717, 1.165) is 53.1 Å². The van der Waals surface area contributed by atoms with E-state index in [0.29, 0.717) is 38.6 Å². The van der Waals surface area contributed by atoms with Crippen LogP contribution in [0.1, 0.15) is 30.3 Å². The highest BCUT2D eigenvalue weighted by Crippen LogP contribution is 2.25. The van der Waals surface area contributed by atoms with Crippen molar-refractivity contribution in [3.05, 3.63) is 89.7 Å². The van der Waals surface area contributed by atoms with Crippen LogP contribution in [-0.2, 0) is 40.6 Å². The van der Waals surface area contributed by atoms with Gasteiger partial charge >= 0.3 is 0 Å². The lowest BCUT2D eigenvalue weighted by Gasteiger charge is -2.28. The van der Waals surface area contributed by atoms with Crippen molar-refractivity contribution in [1.29, 1.82) is 0 Å². The Morgan fingerprint density at radius 1 is 0.905 bits per heavy atom. The molecule has 0 radical (unpaired) electrons. The Hall–Kier alpha value is -4.21. The normalized spacial score (nSPS) is 14.8. The van der Waals surface area contributed by atoms with E-state index in [1.54, 1.807) is 21.1 Å². The van der Waals surface area contributed by atoms with Gasteiger partial charge in [0.25, 0.3) is 0 Å². The van der Waals surface area contributed by atoms with Gasteiger partial charge in [0, 0.05) is 59.0 Å². The molecular weight excluding hydrogens is 530 g/mol. The molecule has 0 bridgehead atoms. The molecular formula is C33H39N5O4. The van der Waals surface area contributed by atoms with E-state index >= 15 is 0 Å². The third-order valence-corrected chi connectivity index (χ3v) is 7.76. The van der Waals surface area contributed by atoms with Gasteiger partial charge in [-0.1, -0.05) is 42.5 Å². The molecule has 0 atom stereocenters. The van der Waals surface area contributed by atoms with Crippen LogP contribution < -0.4 is 9.64 Å². The number of fused-ring (bicyclic) bond motifs is 2. The van der Waals surface area contributed by atoms with Crippen LogP contribution in [0.25, 0.3) is 11.0 Å². The van der Waals surface area contributed by atoms with Crippen LogP contribution in [0.15, 0.2) is 72.8 Å². The molecule has 42 heavy (non-hydrogen) atoms. The Balaban J connectivity index is 1.46. The Labute approximate surface area is 247 Å². The quantitative estimate of drug-likeness (QED) is 0.327. The SMILES string of the molecule is COCc1nc2ccccc2n1CC(=O)N1CCN(Cc2cccc(OC)c2)CCCN(C(C)=O)c2ccccc2C1. The van der Waals surface area contributed by atoms with Gasteiger partial charge in [0.15, 0.2) is 0 Å². The van der Waals surface area contributed by atoms with E-state index < -0.39 is 0 Å². The molecule has 5 rings (SSSR count). The fraction of sp³-hybridized carbons (Fsp3) is 0.364. The van der Waals surface area contributed by atoms with Crippen LogP contribution in [0.5, 0.6) is 5.75 Å². The van der Waals surface area contributed by atoms with Crippen LogP contribution >= 0.6 is 0 Å². The van der Waals surface area contributed by atoms with Gasteiger partial charge in [-0.25, -0.2) is 4.98 Å². The van der Waals surface area contributed by atoms with Crippen molar-refractivity contribution in [2.45, 2.75) is 39.6 Å². The molecule has 220 valence electrons. The first kappa shape index (κ1) is 29.3. The Morgan fingerprint density at radius 3 is 2.52 bits per heavy atom. The predicted octanol–water partition coefficient (Wildman–Crippen LogP) is 4.48. The second kappa shape index (κ2) is 13.6. The number of carbonyl (C=O) groups excluding carboxylic acids is 2. The molecule has 3 aromatic carbocycles. The number of rotatable bonds is 7. The average molecular weight is 570 g/mol. The highest BCUT2D eigenvalue weighted by Gasteiger charge is 2.24. The highest BCUT2D eigenvalue weighted by molar-refractivity contribution is 5.92. The summed E-state index contributed by atoms with van der Waals surface area (Å²) in [4.78, 5) is 37.7. The largest absolute Gasteiger partial charge is 0.497 e. The molecule has 9 nitrogen and oxygen atoms in total. The van der Waals surface area contributed by atoms with E-state index in [4.69, 9.17) is 14.5 Å². The number of methoxy groups -OCH3 is 2. The summed E-state index contributed by atoms with van der Waals surface area (Å²) in [7, 11) is 3.30. The van der Waals surface area contributed by atoms with Crippen molar-refractivity contribution in [1.82, 2.24) is 19.4 Å². The first-order valence-corrected chi connectivity index (χ1v) is 14.4. The first-order valence-electron chi connectivity index (χ1n) is 14.4. The summed E-state index contributed by atoms with van der Waals surface area (Å²) < 4.78 is 12.8. The molecule has 2 amide bonds. The van der Waals surface area contributed by atoms with E-state index in [1.165, 1.54) is 0 Å². The molecule has 9 heteroatoms. The highest BCUT2D eigenvalue weighted by atomic mass is 16.5. The lowest BCUT2D eigenvalue weighted by molar-refractivity contribution is -0.132. The lowest BCUT2D eigenvalue weighted by atomic mass is 10.1. The monoisotopic (exact) mass is 569 g/mol. The molecule has 0 spiro atoms. The minimum atomic E-state index is -0.0136. The van der Waals surface area contributed by atoms with Crippen molar-refractivity contribution in [2.75, 3.05) is 45.3 Å². The van der Waals surface area contributed by atoms with Gasteiger partial charge in [-0.2, -0.15) is 0 Å². The molecule has 0 unspecified atom stereocenters. The maximum absolute atomic E-state index is 14.1. The molecule has 0 saturated heterocycles. The minimum Gasteiger partial charge on any atom is -0.497 e. The van der Waals surface area contributed by atoms with E-state index in [9.17, 15) is 9.59 Å². The van der Waals surface area contributed by atoms with Crippen molar-refractivity contribution >= 4 is 28.5 Å². The zero-order valence-corrected chi connectivity index (χ0v) is 24.7. The molecule has 0 aliphatic carbocycles. The zero-order chi connectivity index (χ0) is 29.5. The molecule has 0 fully saturated rings. The maximum Gasteiger partial charge on any atom is 0.242 e. The second-order valence-corrected chi connectivity index (χ2v) is 10.6. The Morgan fingerprint density at radius 2 is 1.71 bits per heavy atom. The van der Waals surface area contributed by atoms with E-state index in [2.05, 4.69) is 11.0 Å². The van der Waals surface area contributed by atoms with Crippen molar-refractivity contribution in [3.63, 3.8) is 0 Å². The van der Waals surface area contributed by atoms with Gasteiger partial charge in [-0.15, -0.1) is 0 Å². The fourth-order valence-corrected chi connectivity index (χ4v) is 5.64. The number of amides is 2. The van der Waals surface area contributed by atoms with Gasteiger partial charge < -0.3 is 23.8 Å². The number of anilines is 1. The number of benzene rings is 3. The average Bonchev–Trinajstić information content (AvgIpc) is 3.32. The third kappa shape index (κ3) is 6.80. The van der Waals surface area contributed by atoms with Gasteiger partial charge in [-0.05, 0) is 47.9 Å². The maximum atomic E-state index is 14.1. The zero-order valence-electron chi connectivity index (χ0n) is 24.7. The molecule has 1 aliphatic heterocycles. The first-order chi connectivity index (χ1) is 20.5. The van der Waals surface area contributed by atoms with E-state index in [1.807, 2.05) is 81.1 Å². The number of nitrogens with zero attached hydrogens (tertiary/aromatic N) is 5. The summed E-state index contributed by atoms with van der Waals surface area (Å²) in [6, 6.07) is 23.8. The molecule has 4 aromatic rings. The molecule has 1 aromatic heterocycles. The summed E-state index contributed by atoms with van der Waals surface area (Å²) in [5.74, 6) is 1.51. The lowest BCUT2D eigenvalue weighted by Crippen LogP contribution is -2.40. The standard InChI is InChI=1S/C33H39N5O4/c1-25(39)37-17-9-16-35(21-26-10-8-12-28(20-26)42-3)18-19-36(22-27-11-4-6-14-30(27)37)33(40)23-38-31-15-7-5-13-29(31)34-32(38)24-41-2/h4-8,10-15,20H,9,16-19,21-24H2,1-3H3. The van der Waals surface area contributed by atoms with Gasteiger partial charge in [0.05, 0.1) is 18.1 Å². The smallest absolute Gasteiger partial charge is 0.242 e. The number of para-hydroxylation sites is 3. The fourth-order valence-electron chi connectivity index (χ4n) is 5.64. The van der Waals surface area contributed by atoms with Gasteiger partial charge in [0.2, 0.25) is 11.8 Å². The minimum absolute atomic E-state index is 0.00647. The van der Waals surface area contributed by atoms with Crippen molar-refractivity contribution < 1.29 is 19.1 Å². The van der Waals surface area contributed by atoms with Gasteiger partial charge in [-0.3, -0.25) is 14.5 Å². The number of hydrogen-bond acceptors (Lipinski definition) is 6. The molecule has 2 heterocycles. The van der Waals surface area contributed by atoms with Crippen molar-refractivity contribution in [3.8, 4) is 5.75 Å². The third-order valence-electron chi connectivity index (χ3n) is 7.76. The molecule has 0 saturated carbocycles. The molecule has 0 N–H and O–H groups in total. The summed E-state index contributed by atoms with van der Waals surface area (Å²) in [6.45, 7) is 5.82. The van der Waals surface area contributed by atoms with Crippen LogP contribution in [0, 0.1) is 0 Å². The number of hydrogen-bond donors (Lipinski definition) is 0. The number of carbonyl (C=O) groups is 2. The topological polar surface area (TPSA) is 80.1 Å². The van der Waals surface area contributed by atoms with Crippen LogP contribution in [0.2, 0.25) is 0 Å². The Bertz CT molecular complexity index is 1530. The van der Waals surface area contributed by atoms with Crippen LogP contribution in [-0.4, -0.2) is 71.6 Å². The van der Waals surface area contributed by atoms with Crippen molar-refractivity contribution in [2.24, 2.45) is 0 Å². The summed E-state index contributed by atoms with van der Waals surface area (Å²) in [5, 5.41) is 0. The number of ether oxygens (including phenoxy) is 2. The van der Waals surface area contributed by atoms with Crippen LogP contribution in [0.4, 0.5) is 5.69 Å². The predicted molar refractivity (Wildman–Crippen MR) is 163 cm³/mol. The Kier molecular flexibility index (Phi) is 9.51. The summed E-state index contributed by atoms with van der Waals surface area (Å²) in [6.07, 6.45) is 0.813. The molecule has 1 aliphatic rings. The van der Waals surface area contributed by atoms with Crippen LogP contribution in [0.3, 0.4) is 0 Å². The van der Waals surface area contributed by atoms with Gasteiger partial charge in [0.1, 0.15) is 24.7 Å². The number of imidazole rings is 1. The number of aromatic nitrogens is 2. The summed E-state index contributed by atoms with van der Waals surface area (Å²) in [5.41, 5.74) is 4.69. The van der Waals surface area contributed by atoms with E-state index in [-0.39, 0.29) is 18.4 Å². The second-order valence-electron chi connectivity index (χ2n) is 10.6. The summed E-state index contributed by atoms with van der Waals surface area (Å²) >= 11 is 0.